The molecule has 1 aliphatic rings. The molecule has 3 aromatic rings. The Balaban J connectivity index is 1.53. The van der Waals surface area contributed by atoms with Gasteiger partial charge in [0, 0.05) is 24.0 Å². The van der Waals surface area contributed by atoms with Crippen molar-refractivity contribution in [3.8, 4) is 11.1 Å². The number of fused-ring (bicyclic) bond motifs is 1. The van der Waals surface area contributed by atoms with Gasteiger partial charge in [-0.25, -0.2) is 4.98 Å². The number of hydrogen-bond acceptors (Lipinski definition) is 4. The fourth-order valence-corrected chi connectivity index (χ4v) is 4.36. The summed E-state index contributed by atoms with van der Waals surface area (Å²) in [6.07, 6.45) is 2.48. The lowest BCUT2D eigenvalue weighted by Gasteiger charge is -2.29. The van der Waals surface area contributed by atoms with Crippen LogP contribution in [0.3, 0.4) is 0 Å². The Morgan fingerprint density at radius 3 is 2.84 bits per heavy atom. The third-order valence-electron chi connectivity index (χ3n) is 6.19. The summed E-state index contributed by atoms with van der Waals surface area (Å²) in [5.74, 6) is 0.377. The molecule has 5 heteroatoms. The number of nitrogens with zero attached hydrogens (tertiary/aromatic N) is 1. The smallest absolute Gasteiger partial charge is 0.223 e. The van der Waals surface area contributed by atoms with E-state index >= 15 is 0 Å². The number of pyridine rings is 1. The monoisotopic (exact) mass is 417 g/mol. The highest BCUT2D eigenvalue weighted by atomic mass is 16.5. The Morgan fingerprint density at radius 1 is 1.26 bits per heavy atom. The zero-order valence-electron chi connectivity index (χ0n) is 18.5. The van der Waals surface area contributed by atoms with Crippen LogP contribution in [0.2, 0.25) is 0 Å². The van der Waals surface area contributed by atoms with Crippen LogP contribution in [0.5, 0.6) is 0 Å². The summed E-state index contributed by atoms with van der Waals surface area (Å²) in [6.45, 7) is 6.82. The minimum atomic E-state index is -0.181. The topological polar surface area (TPSA) is 77.2 Å². The van der Waals surface area contributed by atoms with Crippen molar-refractivity contribution >= 4 is 22.6 Å². The highest BCUT2D eigenvalue weighted by Gasteiger charge is 2.24. The molecule has 1 aliphatic heterocycles. The molecular formula is C26H31N3O2. The van der Waals surface area contributed by atoms with Gasteiger partial charge in [-0.1, -0.05) is 37.3 Å². The molecule has 0 spiro atoms. The van der Waals surface area contributed by atoms with Crippen LogP contribution in [0.25, 0.3) is 22.0 Å². The van der Waals surface area contributed by atoms with E-state index in [1.807, 2.05) is 26.0 Å². The van der Waals surface area contributed by atoms with Crippen LogP contribution < -0.4 is 11.1 Å². The molecule has 0 aliphatic carbocycles. The Labute approximate surface area is 184 Å². The second-order valence-electron chi connectivity index (χ2n) is 8.77. The second kappa shape index (κ2) is 9.06. The first-order valence-electron chi connectivity index (χ1n) is 11.1. The van der Waals surface area contributed by atoms with Crippen LogP contribution in [0.4, 0.5) is 5.82 Å². The normalized spacial score (nSPS) is 19.8. The molecule has 5 nitrogen and oxygen atoms in total. The number of nitrogen functional groups attached to an aromatic ring is 1. The van der Waals surface area contributed by atoms with Crippen LogP contribution >= 0.6 is 0 Å². The Kier molecular flexibility index (Phi) is 6.23. The molecule has 1 saturated heterocycles. The van der Waals surface area contributed by atoms with E-state index in [1.54, 1.807) is 0 Å². The van der Waals surface area contributed by atoms with Crippen molar-refractivity contribution < 1.29 is 9.53 Å². The predicted octanol–water partition coefficient (Wildman–Crippen LogP) is 4.65. The lowest BCUT2D eigenvalue weighted by molar-refractivity contribution is -0.126. The van der Waals surface area contributed by atoms with E-state index < -0.39 is 0 Å². The van der Waals surface area contributed by atoms with E-state index in [9.17, 15) is 4.79 Å². The van der Waals surface area contributed by atoms with Gasteiger partial charge in [0.25, 0.3) is 0 Å². The van der Waals surface area contributed by atoms with Crippen molar-refractivity contribution in [2.45, 2.75) is 52.2 Å². The molecule has 3 N–H and O–H groups in total. The lowest BCUT2D eigenvalue weighted by Crippen LogP contribution is -2.43. The van der Waals surface area contributed by atoms with Gasteiger partial charge >= 0.3 is 0 Å². The maximum absolute atomic E-state index is 12.8. The zero-order chi connectivity index (χ0) is 22.0. The van der Waals surface area contributed by atoms with Crippen molar-refractivity contribution in [3.63, 3.8) is 0 Å². The van der Waals surface area contributed by atoms with E-state index in [-0.39, 0.29) is 24.0 Å². The van der Waals surface area contributed by atoms with E-state index in [0.29, 0.717) is 18.8 Å². The molecular weight excluding hydrogens is 386 g/mol. The largest absolute Gasteiger partial charge is 0.383 e. The highest BCUT2D eigenvalue weighted by Crippen LogP contribution is 2.28. The van der Waals surface area contributed by atoms with Gasteiger partial charge in [0.05, 0.1) is 11.6 Å². The first-order chi connectivity index (χ1) is 14.9. The summed E-state index contributed by atoms with van der Waals surface area (Å²) in [5, 5.41) is 4.22. The molecule has 3 atom stereocenters. The molecule has 31 heavy (non-hydrogen) atoms. The van der Waals surface area contributed by atoms with Crippen molar-refractivity contribution in [2.75, 3.05) is 12.3 Å². The van der Waals surface area contributed by atoms with Gasteiger partial charge < -0.3 is 15.8 Å². The standard InChI is InChI=1S/C26H31N3O2/c1-16-6-4-5-7-23(16)19-8-9-24-20(14-19)15-21(25(27)29-24)12-17(2)26(30)28-22-10-11-31-18(3)13-22/h4-9,14-15,17-18,22H,10-13H2,1-3H3,(H2,27,29)(H,28,30). The fourth-order valence-electron chi connectivity index (χ4n) is 4.36. The van der Waals surface area contributed by atoms with E-state index in [4.69, 9.17) is 10.5 Å². The summed E-state index contributed by atoms with van der Waals surface area (Å²) in [6, 6.07) is 16.9. The van der Waals surface area contributed by atoms with Crippen molar-refractivity contribution in [1.82, 2.24) is 10.3 Å². The molecule has 0 radical (unpaired) electrons. The van der Waals surface area contributed by atoms with Gasteiger partial charge in [-0.15, -0.1) is 0 Å². The van der Waals surface area contributed by atoms with Gasteiger partial charge in [0.1, 0.15) is 5.82 Å². The predicted molar refractivity (Wildman–Crippen MR) is 126 cm³/mol. The summed E-state index contributed by atoms with van der Waals surface area (Å²) >= 11 is 0. The quantitative estimate of drug-likeness (QED) is 0.633. The first-order valence-corrected chi connectivity index (χ1v) is 11.1. The Morgan fingerprint density at radius 2 is 2.06 bits per heavy atom. The Bertz CT molecular complexity index is 1100. The number of benzene rings is 2. The molecule has 0 bridgehead atoms. The minimum Gasteiger partial charge on any atom is -0.383 e. The summed E-state index contributed by atoms with van der Waals surface area (Å²) in [7, 11) is 0. The van der Waals surface area contributed by atoms with Crippen molar-refractivity contribution in [1.29, 1.82) is 0 Å². The van der Waals surface area contributed by atoms with Gasteiger partial charge in [0.2, 0.25) is 5.91 Å². The second-order valence-corrected chi connectivity index (χ2v) is 8.77. The number of rotatable bonds is 5. The number of amides is 1. The van der Waals surface area contributed by atoms with Crippen LogP contribution in [-0.4, -0.2) is 29.6 Å². The SMILES string of the molecule is Cc1ccccc1-c1ccc2nc(N)c(CC(C)C(=O)NC3CCOC(C)C3)cc2c1. The van der Waals surface area contributed by atoms with Gasteiger partial charge in [-0.3, -0.25) is 4.79 Å². The van der Waals surface area contributed by atoms with E-state index in [2.05, 4.69) is 53.6 Å². The lowest BCUT2D eigenvalue weighted by atomic mass is 9.96. The number of ether oxygens (including phenoxy) is 1. The van der Waals surface area contributed by atoms with E-state index in [1.165, 1.54) is 11.1 Å². The number of hydrogen-bond donors (Lipinski definition) is 2. The molecule has 1 aromatic heterocycles. The van der Waals surface area contributed by atoms with Crippen molar-refractivity contribution in [2.24, 2.45) is 5.92 Å². The number of aryl methyl sites for hydroxylation is 1. The van der Waals surface area contributed by atoms with E-state index in [0.717, 1.165) is 34.9 Å². The maximum Gasteiger partial charge on any atom is 0.223 e. The number of aromatic nitrogens is 1. The molecule has 4 rings (SSSR count). The molecule has 0 saturated carbocycles. The van der Waals surface area contributed by atoms with Crippen molar-refractivity contribution in [3.05, 3.63) is 59.7 Å². The molecule has 162 valence electrons. The average Bonchev–Trinajstić information content (AvgIpc) is 2.74. The number of nitrogens with two attached hydrogens (primary N) is 1. The van der Waals surface area contributed by atoms with Gasteiger partial charge in [0.15, 0.2) is 0 Å². The van der Waals surface area contributed by atoms with Crippen LogP contribution in [0.1, 0.15) is 37.8 Å². The highest BCUT2D eigenvalue weighted by molar-refractivity contribution is 5.87. The van der Waals surface area contributed by atoms with Gasteiger partial charge in [-0.05, 0) is 73.6 Å². The minimum absolute atomic E-state index is 0.0623. The first kappa shape index (κ1) is 21.3. The van der Waals surface area contributed by atoms with Crippen LogP contribution in [0, 0.1) is 12.8 Å². The molecule has 2 aromatic carbocycles. The molecule has 3 unspecified atom stereocenters. The summed E-state index contributed by atoms with van der Waals surface area (Å²) in [5.41, 5.74) is 11.6. The average molecular weight is 418 g/mol. The number of nitrogens with one attached hydrogen (secondary N) is 1. The third kappa shape index (κ3) is 4.88. The third-order valence-corrected chi connectivity index (χ3v) is 6.19. The molecule has 1 fully saturated rings. The number of carbonyl (C=O) groups is 1. The molecule has 2 heterocycles. The Hall–Kier alpha value is -2.92. The number of anilines is 1. The summed E-state index contributed by atoms with van der Waals surface area (Å²) in [4.78, 5) is 17.4. The van der Waals surface area contributed by atoms with Crippen LogP contribution in [-0.2, 0) is 16.0 Å². The fraction of sp³-hybridized carbons (Fsp3) is 0.385. The zero-order valence-corrected chi connectivity index (χ0v) is 18.5. The molecule has 1 amide bonds. The van der Waals surface area contributed by atoms with Gasteiger partial charge in [-0.2, -0.15) is 0 Å². The number of carbonyl (C=O) groups excluding carboxylic acids is 1. The summed E-state index contributed by atoms with van der Waals surface area (Å²) < 4.78 is 5.58. The maximum atomic E-state index is 12.8. The van der Waals surface area contributed by atoms with Crippen LogP contribution in [0.15, 0.2) is 48.5 Å².